The molecule has 0 saturated heterocycles. The number of Topliss-reactive ketones (excluding diaryl/α,β-unsaturated/α-hetero) is 1. The summed E-state index contributed by atoms with van der Waals surface area (Å²) in [5.41, 5.74) is -0.232. The van der Waals surface area contributed by atoms with Gasteiger partial charge >= 0.3 is 0 Å². The van der Waals surface area contributed by atoms with Crippen LogP contribution in [-0.4, -0.2) is 29.3 Å². The Kier molecular flexibility index (Phi) is 8.33. The van der Waals surface area contributed by atoms with E-state index in [0.29, 0.717) is 17.6 Å². The molecule has 0 amide bonds. The summed E-state index contributed by atoms with van der Waals surface area (Å²) in [7, 11) is 2.13. The molecule has 0 radical (unpaired) electrons. The normalized spacial score (nSPS) is 24.5. The minimum absolute atomic E-state index is 0.0305. The molecule has 0 aromatic carbocycles. The summed E-state index contributed by atoms with van der Waals surface area (Å²) in [4.78, 5) is 15.4. The third kappa shape index (κ3) is 5.68. The van der Waals surface area contributed by atoms with Crippen LogP contribution in [0.5, 0.6) is 0 Å². The summed E-state index contributed by atoms with van der Waals surface area (Å²) in [6, 6.07) is 0.0605. The van der Waals surface area contributed by atoms with Crippen LogP contribution in [0.4, 0.5) is 0 Å². The number of likely N-dealkylation sites (N-methyl/N-ethyl adjacent to an activating group) is 1. The van der Waals surface area contributed by atoms with Crippen LogP contribution in [0.15, 0.2) is 0 Å². The van der Waals surface area contributed by atoms with Crippen molar-refractivity contribution in [2.75, 3.05) is 7.05 Å². The van der Waals surface area contributed by atoms with Crippen LogP contribution in [-0.2, 0) is 4.79 Å². The van der Waals surface area contributed by atoms with E-state index in [1.165, 1.54) is 25.7 Å². The first-order valence-corrected chi connectivity index (χ1v) is 9.23. The quantitative estimate of drug-likeness (QED) is 0.680. The first-order chi connectivity index (χ1) is 9.96. The molecule has 1 rings (SSSR count). The van der Waals surface area contributed by atoms with Gasteiger partial charge in [0.2, 0.25) is 0 Å². The van der Waals surface area contributed by atoms with E-state index in [1.54, 1.807) is 0 Å². The topological polar surface area (TPSA) is 20.3 Å². The first-order valence-electron chi connectivity index (χ1n) is 9.23. The van der Waals surface area contributed by atoms with Crippen LogP contribution in [0.3, 0.4) is 0 Å². The maximum atomic E-state index is 13.1. The molecular weight excluding hydrogens is 270 g/mol. The second-order valence-electron chi connectivity index (χ2n) is 8.77. The smallest absolute Gasteiger partial charge is 0.155 e. The van der Waals surface area contributed by atoms with E-state index in [9.17, 15) is 4.79 Å². The molecule has 2 heteroatoms. The Morgan fingerprint density at radius 1 is 1.00 bits per heavy atom. The zero-order valence-electron chi connectivity index (χ0n) is 16.9. The summed E-state index contributed by atoms with van der Waals surface area (Å²) in [6.07, 6.45) is 5.08. The molecule has 1 aliphatic rings. The Balaban J connectivity index is 0.00000211. The van der Waals surface area contributed by atoms with Crippen molar-refractivity contribution in [2.24, 2.45) is 17.3 Å². The van der Waals surface area contributed by atoms with E-state index in [1.807, 2.05) is 13.8 Å². The first kappa shape index (κ1) is 21.6. The second-order valence-corrected chi connectivity index (χ2v) is 8.77. The van der Waals surface area contributed by atoms with Crippen molar-refractivity contribution in [3.05, 3.63) is 0 Å². The number of ketones is 1. The maximum absolute atomic E-state index is 13.1. The lowest BCUT2D eigenvalue weighted by Gasteiger charge is -2.46. The monoisotopic (exact) mass is 311 g/mol. The highest BCUT2D eigenvalue weighted by Gasteiger charge is 2.43. The lowest BCUT2D eigenvalue weighted by molar-refractivity contribution is -0.137. The lowest BCUT2D eigenvalue weighted by Crippen LogP contribution is -2.56. The van der Waals surface area contributed by atoms with Crippen molar-refractivity contribution >= 4 is 5.78 Å². The highest BCUT2D eigenvalue weighted by molar-refractivity contribution is 5.89. The summed E-state index contributed by atoms with van der Waals surface area (Å²) in [5.74, 6) is 1.58. The van der Waals surface area contributed by atoms with Gasteiger partial charge < -0.3 is 0 Å². The molecule has 0 heterocycles. The maximum Gasteiger partial charge on any atom is 0.155 e. The SMILES string of the molecule is CC.CC1CCCCC1C(C(=O)C(C)(C)C)N(C)C(C)(C)C. The average molecular weight is 312 g/mol. The van der Waals surface area contributed by atoms with Gasteiger partial charge in [0.25, 0.3) is 0 Å². The molecule has 1 aliphatic carbocycles. The van der Waals surface area contributed by atoms with Crippen LogP contribution in [0, 0.1) is 17.3 Å². The molecule has 3 atom stereocenters. The van der Waals surface area contributed by atoms with Crippen molar-refractivity contribution in [3.8, 4) is 0 Å². The van der Waals surface area contributed by atoms with Crippen molar-refractivity contribution in [1.82, 2.24) is 4.90 Å². The lowest BCUT2D eigenvalue weighted by atomic mass is 9.70. The van der Waals surface area contributed by atoms with E-state index in [0.717, 1.165) is 0 Å². The molecule has 0 spiro atoms. The van der Waals surface area contributed by atoms with Crippen LogP contribution in [0.1, 0.15) is 88.0 Å². The van der Waals surface area contributed by atoms with Gasteiger partial charge in [0.05, 0.1) is 6.04 Å². The van der Waals surface area contributed by atoms with Gasteiger partial charge in [-0.25, -0.2) is 0 Å². The number of nitrogens with zero attached hydrogens (tertiary/aromatic N) is 1. The summed E-state index contributed by atoms with van der Waals surface area (Å²) >= 11 is 0. The third-order valence-corrected chi connectivity index (χ3v) is 5.07. The summed E-state index contributed by atoms with van der Waals surface area (Å²) < 4.78 is 0. The van der Waals surface area contributed by atoms with Crippen LogP contribution in [0.2, 0.25) is 0 Å². The third-order valence-electron chi connectivity index (χ3n) is 5.07. The van der Waals surface area contributed by atoms with E-state index >= 15 is 0 Å². The molecule has 22 heavy (non-hydrogen) atoms. The van der Waals surface area contributed by atoms with E-state index in [-0.39, 0.29) is 17.0 Å². The highest BCUT2D eigenvalue weighted by Crippen LogP contribution is 2.38. The number of rotatable bonds is 3. The van der Waals surface area contributed by atoms with Gasteiger partial charge in [0.1, 0.15) is 0 Å². The molecule has 3 unspecified atom stereocenters. The number of hydrogen-bond donors (Lipinski definition) is 0. The average Bonchev–Trinajstić information content (AvgIpc) is 2.41. The van der Waals surface area contributed by atoms with Crippen molar-refractivity contribution in [2.45, 2.75) is 99.6 Å². The zero-order chi connectivity index (χ0) is 17.7. The van der Waals surface area contributed by atoms with E-state index < -0.39 is 0 Å². The fraction of sp³-hybridized carbons (Fsp3) is 0.950. The van der Waals surface area contributed by atoms with Gasteiger partial charge in [-0.2, -0.15) is 0 Å². The van der Waals surface area contributed by atoms with Crippen molar-refractivity contribution in [3.63, 3.8) is 0 Å². The summed E-state index contributed by atoms with van der Waals surface area (Å²) in [6.45, 7) is 19.2. The van der Waals surface area contributed by atoms with Crippen LogP contribution < -0.4 is 0 Å². The van der Waals surface area contributed by atoms with Crippen molar-refractivity contribution in [1.29, 1.82) is 0 Å². The number of carbonyl (C=O) groups is 1. The van der Waals surface area contributed by atoms with Gasteiger partial charge in [-0.3, -0.25) is 9.69 Å². The Bertz CT molecular complexity index is 335. The molecule has 1 fully saturated rings. The van der Waals surface area contributed by atoms with Gasteiger partial charge in [-0.15, -0.1) is 0 Å². The van der Waals surface area contributed by atoms with E-state index in [4.69, 9.17) is 0 Å². The summed E-state index contributed by atoms with van der Waals surface area (Å²) in [5, 5.41) is 0. The Labute approximate surface area is 140 Å². The minimum Gasteiger partial charge on any atom is -0.297 e. The number of hydrogen-bond acceptors (Lipinski definition) is 2. The Morgan fingerprint density at radius 3 is 1.82 bits per heavy atom. The minimum atomic E-state index is -0.263. The molecule has 0 aliphatic heterocycles. The Hall–Kier alpha value is -0.370. The van der Waals surface area contributed by atoms with Gasteiger partial charge in [0.15, 0.2) is 5.78 Å². The predicted octanol–water partition coefficient (Wildman–Crippen LogP) is 5.55. The fourth-order valence-corrected chi connectivity index (χ4v) is 3.33. The fourth-order valence-electron chi connectivity index (χ4n) is 3.33. The van der Waals surface area contributed by atoms with Crippen LogP contribution >= 0.6 is 0 Å². The standard InChI is InChI=1S/C18H35NO.C2H6/c1-13-11-9-10-12-14(13)15(16(20)17(2,3)4)19(8)18(5,6)7;1-2/h13-15H,9-12H2,1-8H3;1-2H3. The second kappa shape index (κ2) is 8.47. The molecule has 0 N–H and O–H groups in total. The van der Waals surface area contributed by atoms with E-state index in [2.05, 4.69) is 60.4 Å². The van der Waals surface area contributed by atoms with Crippen LogP contribution in [0.25, 0.3) is 0 Å². The van der Waals surface area contributed by atoms with Gasteiger partial charge in [-0.05, 0) is 46.1 Å². The molecular formula is C20H41NO. The number of carbonyl (C=O) groups excluding carboxylic acids is 1. The highest BCUT2D eigenvalue weighted by atomic mass is 16.1. The predicted molar refractivity (Wildman–Crippen MR) is 98.2 cm³/mol. The molecule has 2 nitrogen and oxygen atoms in total. The molecule has 1 saturated carbocycles. The van der Waals surface area contributed by atoms with Gasteiger partial charge in [0, 0.05) is 11.0 Å². The largest absolute Gasteiger partial charge is 0.297 e. The molecule has 0 aromatic rings. The molecule has 0 bridgehead atoms. The van der Waals surface area contributed by atoms with Crippen molar-refractivity contribution < 1.29 is 4.79 Å². The molecule has 0 aromatic heterocycles. The zero-order valence-corrected chi connectivity index (χ0v) is 16.9. The Morgan fingerprint density at radius 2 is 1.45 bits per heavy atom. The molecule has 132 valence electrons. The van der Waals surface area contributed by atoms with Gasteiger partial charge in [-0.1, -0.05) is 60.8 Å².